The summed E-state index contributed by atoms with van der Waals surface area (Å²) in [6, 6.07) is 18.5. The van der Waals surface area contributed by atoms with Gasteiger partial charge in [-0.05, 0) is 17.7 Å². The van der Waals surface area contributed by atoms with E-state index in [-0.39, 0.29) is 0 Å². The fourth-order valence-electron chi connectivity index (χ4n) is 2.34. The van der Waals surface area contributed by atoms with Gasteiger partial charge in [0.15, 0.2) is 0 Å². The first-order valence-corrected chi connectivity index (χ1v) is 8.25. The van der Waals surface area contributed by atoms with Gasteiger partial charge >= 0.3 is 0 Å². The number of thiazole rings is 1. The first-order valence-electron chi connectivity index (χ1n) is 7.44. The Labute approximate surface area is 135 Å². The number of fused-ring (bicyclic) bond motifs is 1. The Morgan fingerprint density at radius 3 is 2.64 bits per heavy atom. The second kappa shape index (κ2) is 7.34. The number of hydrogen-bond acceptors (Lipinski definition) is 3. The fraction of sp³-hybridized carbons (Fsp3) is 0.211. The van der Waals surface area contributed by atoms with Crippen LogP contribution in [0.5, 0.6) is 0 Å². The zero-order chi connectivity index (χ0) is 15.2. The topological polar surface area (TPSA) is 22.1 Å². The molecule has 1 aromatic heterocycles. The van der Waals surface area contributed by atoms with E-state index in [1.54, 1.807) is 11.3 Å². The molecular weight excluding hydrogens is 290 g/mol. The third-order valence-corrected chi connectivity index (χ3v) is 4.61. The maximum absolute atomic E-state index is 5.82. The first-order chi connectivity index (χ1) is 10.8. The lowest BCUT2D eigenvalue weighted by Crippen LogP contribution is -2.10. The number of rotatable bonds is 7. The van der Waals surface area contributed by atoms with Gasteiger partial charge in [0.2, 0.25) is 0 Å². The maximum atomic E-state index is 5.82. The van der Waals surface area contributed by atoms with Crippen LogP contribution in [0.4, 0.5) is 0 Å². The van der Waals surface area contributed by atoms with Crippen LogP contribution >= 0.6 is 11.3 Å². The molecule has 0 amide bonds. The van der Waals surface area contributed by atoms with Crippen molar-refractivity contribution in [3.8, 4) is 0 Å². The Morgan fingerprint density at radius 2 is 1.86 bits per heavy atom. The van der Waals surface area contributed by atoms with Crippen molar-refractivity contribution >= 4 is 21.6 Å². The van der Waals surface area contributed by atoms with Crippen LogP contribution in [0.15, 0.2) is 67.3 Å². The van der Waals surface area contributed by atoms with Crippen LogP contribution in [0.3, 0.4) is 0 Å². The zero-order valence-electron chi connectivity index (χ0n) is 12.4. The van der Waals surface area contributed by atoms with Crippen molar-refractivity contribution in [2.24, 2.45) is 5.92 Å². The molecule has 3 heteroatoms. The molecule has 1 heterocycles. The Morgan fingerprint density at radius 1 is 1.09 bits per heavy atom. The van der Waals surface area contributed by atoms with E-state index in [0.29, 0.717) is 19.1 Å². The normalized spacial score (nSPS) is 12.4. The molecule has 0 saturated carbocycles. The molecular formula is C19H19NOS. The van der Waals surface area contributed by atoms with E-state index in [4.69, 9.17) is 4.74 Å². The molecule has 2 nitrogen and oxygen atoms in total. The molecule has 1 atom stereocenters. The average Bonchev–Trinajstić information content (AvgIpc) is 2.97. The molecule has 0 bridgehead atoms. The average molecular weight is 309 g/mol. The highest BCUT2D eigenvalue weighted by Crippen LogP contribution is 2.24. The number of nitrogens with zero attached hydrogens (tertiary/aromatic N) is 1. The third kappa shape index (κ3) is 3.81. The monoisotopic (exact) mass is 309 g/mol. The molecule has 0 aliphatic heterocycles. The van der Waals surface area contributed by atoms with Crippen molar-refractivity contribution in [3.63, 3.8) is 0 Å². The molecule has 0 aliphatic carbocycles. The van der Waals surface area contributed by atoms with Gasteiger partial charge in [-0.15, -0.1) is 17.9 Å². The van der Waals surface area contributed by atoms with Crippen LogP contribution < -0.4 is 0 Å². The van der Waals surface area contributed by atoms with E-state index in [1.807, 2.05) is 30.3 Å². The van der Waals surface area contributed by atoms with Gasteiger partial charge in [-0.25, -0.2) is 4.98 Å². The van der Waals surface area contributed by atoms with Crippen LogP contribution in [0.1, 0.15) is 10.6 Å². The maximum Gasteiger partial charge on any atom is 0.0945 e. The minimum absolute atomic E-state index is 0.296. The molecule has 2 aromatic carbocycles. The van der Waals surface area contributed by atoms with E-state index in [1.165, 1.54) is 10.3 Å². The molecule has 0 N–H and O–H groups in total. The van der Waals surface area contributed by atoms with Crippen molar-refractivity contribution in [1.29, 1.82) is 0 Å². The van der Waals surface area contributed by atoms with Crippen LogP contribution in [-0.4, -0.2) is 11.6 Å². The van der Waals surface area contributed by atoms with Crippen LogP contribution in [0.25, 0.3) is 10.2 Å². The van der Waals surface area contributed by atoms with Gasteiger partial charge in [0, 0.05) is 12.3 Å². The fourth-order valence-corrected chi connectivity index (χ4v) is 3.40. The summed E-state index contributed by atoms with van der Waals surface area (Å²) in [5.41, 5.74) is 2.28. The van der Waals surface area contributed by atoms with Gasteiger partial charge in [0.1, 0.15) is 0 Å². The molecule has 3 rings (SSSR count). The zero-order valence-corrected chi connectivity index (χ0v) is 13.3. The van der Waals surface area contributed by atoms with Gasteiger partial charge in [0.25, 0.3) is 0 Å². The number of aromatic nitrogens is 1. The molecule has 0 radical (unpaired) electrons. The van der Waals surface area contributed by atoms with Gasteiger partial charge in [-0.2, -0.15) is 0 Å². The molecule has 0 saturated heterocycles. The number of hydrogen-bond donors (Lipinski definition) is 0. The van der Waals surface area contributed by atoms with Crippen LogP contribution in [0, 0.1) is 5.92 Å². The number of benzene rings is 2. The summed E-state index contributed by atoms with van der Waals surface area (Å²) in [4.78, 5) is 4.68. The molecule has 0 fully saturated rings. The molecule has 22 heavy (non-hydrogen) atoms. The second-order valence-corrected chi connectivity index (χ2v) is 6.39. The summed E-state index contributed by atoms with van der Waals surface area (Å²) in [7, 11) is 0. The summed E-state index contributed by atoms with van der Waals surface area (Å²) in [6.07, 6.45) is 2.86. The largest absolute Gasteiger partial charge is 0.376 e. The minimum Gasteiger partial charge on any atom is -0.376 e. The lowest BCUT2D eigenvalue weighted by molar-refractivity contribution is 0.0996. The van der Waals surface area contributed by atoms with E-state index in [0.717, 1.165) is 16.9 Å². The molecule has 0 spiro atoms. The van der Waals surface area contributed by atoms with Crippen molar-refractivity contribution in [2.75, 3.05) is 6.61 Å². The summed E-state index contributed by atoms with van der Waals surface area (Å²) in [5.74, 6) is 0.296. The van der Waals surface area contributed by atoms with Gasteiger partial charge in [0.05, 0.1) is 28.4 Å². The Hall–Kier alpha value is -1.97. The molecule has 0 aliphatic rings. The van der Waals surface area contributed by atoms with Crippen LogP contribution in [-0.2, 0) is 17.8 Å². The molecule has 3 aromatic rings. The highest BCUT2D eigenvalue weighted by molar-refractivity contribution is 7.18. The van der Waals surface area contributed by atoms with E-state index < -0.39 is 0 Å². The van der Waals surface area contributed by atoms with Gasteiger partial charge < -0.3 is 4.74 Å². The van der Waals surface area contributed by atoms with Crippen molar-refractivity contribution in [3.05, 3.63) is 77.8 Å². The molecule has 0 unspecified atom stereocenters. The first kappa shape index (κ1) is 14.9. The Bertz CT molecular complexity index is 702. The SMILES string of the molecule is C=C[C@H](COCc1ccccc1)Cc1nc2ccccc2s1. The van der Waals surface area contributed by atoms with E-state index in [9.17, 15) is 0 Å². The van der Waals surface area contributed by atoms with E-state index in [2.05, 4.69) is 41.9 Å². The highest BCUT2D eigenvalue weighted by Gasteiger charge is 2.10. The lowest BCUT2D eigenvalue weighted by atomic mass is 10.1. The van der Waals surface area contributed by atoms with Crippen LogP contribution in [0.2, 0.25) is 0 Å². The number of para-hydroxylation sites is 1. The lowest BCUT2D eigenvalue weighted by Gasteiger charge is -2.11. The van der Waals surface area contributed by atoms with Gasteiger partial charge in [-0.1, -0.05) is 48.5 Å². The quantitative estimate of drug-likeness (QED) is 0.582. The van der Waals surface area contributed by atoms with Gasteiger partial charge in [-0.3, -0.25) is 0 Å². The highest BCUT2D eigenvalue weighted by atomic mass is 32.1. The predicted octanol–water partition coefficient (Wildman–Crippen LogP) is 4.86. The Balaban J connectivity index is 1.56. The van der Waals surface area contributed by atoms with Crippen molar-refractivity contribution in [1.82, 2.24) is 4.98 Å². The van der Waals surface area contributed by atoms with Crippen molar-refractivity contribution in [2.45, 2.75) is 13.0 Å². The smallest absolute Gasteiger partial charge is 0.0945 e. The third-order valence-electron chi connectivity index (χ3n) is 3.55. The number of ether oxygens (including phenoxy) is 1. The van der Waals surface area contributed by atoms with Crippen molar-refractivity contribution < 1.29 is 4.74 Å². The van der Waals surface area contributed by atoms with E-state index >= 15 is 0 Å². The molecule has 112 valence electrons. The predicted molar refractivity (Wildman–Crippen MR) is 93.1 cm³/mol. The Kier molecular flexibility index (Phi) is 4.99. The minimum atomic E-state index is 0.296. The summed E-state index contributed by atoms with van der Waals surface area (Å²) < 4.78 is 7.07. The summed E-state index contributed by atoms with van der Waals surface area (Å²) >= 11 is 1.76. The summed E-state index contributed by atoms with van der Waals surface area (Å²) in [5, 5.41) is 1.15. The second-order valence-electron chi connectivity index (χ2n) is 5.28. The summed E-state index contributed by atoms with van der Waals surface area (Å²) in [6.45, 7) is 5.25. The standard InChI is InChI=1S/C19H19NOS/c1-2-15(13-21-14-16-8-4-3-5-9-16)12-19-20-17-10-6-7-11-18(17)22-19/h2-11,15H,1,12-14H2/t15-/m0/s1.